The van der Waals surface area contributed by atoms with E-state index in [4.69, 9.17) is 33.0 Å². The van der Waals surface area contributed by atoms with Gasteiger partial charge in [-0.2, -0.15) is 11.8 Å². The monoisotopic (exact) mass is 525 g/mol. The van der Waals surface area contributed by atoms with Gasteiger partial charge in [-0.05, 0) is 36.2 Å². The van der Waals surface area contributed by atoms with E-state index < -0.39 is 12.1 Å². The van der Waals surface area contributed by atoms with Crippen molar-refractivity contribution in [2.45, 2.75) is 63.5 Å². The number of hydrogen-bond donors (Lipinski definition) is 1. The molecule has 3 rings (SSSR count). The molecule has 8 heteroatoms. The third-order valence-electron chi connectivity index (χ3n) is 5.24. The molecule has 0 aromatic heterocycles. The first-order valence-electron chi connectivity index (χ1n) is 11.3. The minimum atomic E-state index is -1.03. The number of carbonyl (C=O) groups excluding carboxylic acids is 1. The van der Waals surface area contributed by atoms with Crippen LogP contribution < -0.4 is 0 Å². The molecule has 0 radical (unpaired) electrons. The van der Waals surface area contributed by atoms with E-state index in [1.54, 1.807) is 23.9 Å². The fraction of sp³-hybridized carbons (Fsp3) is 0.462. The van der Waals surface area contributed by atoms with Crippen LogP contribution in [0.3, 0.4) is 0 Å². The van der Waals surface area contributed by atoms with E-state index in [-0.39, 0.29) is 35.8 Å². The fourth-order valence-corrected chi connectivity index (χ4v) is 4.88. The number of carbonyl (C=O) groups is 2. The first-order chi connectivity index (χ1) is 16.0. The summed E-state index contributed by atoms with van der Waals surface area (Å²) in [4.78, 5) is 26.1. The maximum atomic E-state index is 13.1. The summed E-state index contributed by atoms with van der Waals surface area (Å²) in [6.45, 7) is 8.78. The van der Waals surface area contributed by atoms with Crippen molar-refractivity contribution in [3.63, 3.8) is 0 Å². The Bertz CT molecular complexity index is 919. The van der Waals surface area contributed by atoms with Gasteiger partial charge in [-0.15, -0.1) is 0 Å². The summed E-state index contributed by atoms with van der Waals surface area (Å²) in [6.07, 6.45) is -0.454. The number of amides is 1. The summed E-state index contributed by atoms with van der Waals surface area (Å²) >= 11 is 13.3. The normalized spacial score (nSPS) is 19.2. The van der Waals surface area contributed by atoms with Gasteiger partial charge in [0.25, 0.3) is 5.91 Å². The van der Waals surface area contributed by atoms with E-state index in [0.717, 1.165) is 22.8 Å². The van der Waals surface area contributed by atoms with E-state index >= 15 is 0 Å². The molecule has 34 heavy (non-hydrogen) atoms. The van der Waals surface area contributed by atoms with Crippen molar-refractivity contribution in [1.82, 2.24) is 4.90 Å². The number of rotatable bonds is 7. The number of benzene rings is 2. The minimum Gasteiger partial charge on any atom is -0.481 e. The maximum Gasteiger partial charge on any atom is 0.306 e. The third-order valence-corrected chi connectivity index (χ3v) is 7.16. The number of halogens is 2. The van der Waals surface area contributed by atoms with Crippen LogP contribution in [-0.2, 0) is 14.3 Å². The lowest BCUT2D eigenvalue weighted by molar-refractivity contribution is -0.168. The zero-order chi connectivity index (χ0) is 25.3. The molecule has 5 nitrogen and oxygen atoms in total. The molecule has 2 aromatic rings. The molecule has 0 bridgehead atoms. The summed E-state index contributed by atoms with van der Waals surface area (Å²) < 4.78 is 5.74. The van der Waals surface area contributed by atoms with Gasteiger partial charge in [0.05, 0.1) is 19.1 Å². The Morgan fingerprint density at radius 2 is 1.71 bits per heavy atom. The van der Waals surface area contributed by atoms with Crippen LogP contribution in [0.15, 0.2) is 54.6 Å². The predicted molar refractivity (Wildman–Crippen MR) is 141 cm³/mol. The van der Waals surface area contributed by atoms with E-state index in [2.05, 4.69) is 27.7 Å². The Labute approximate surface area is 216 Å². The van der Waals surface area contributed by atoms with Crippen molar-refractivity contribution in [2.75, 3.05) is 12.4 Å². The number of thioether (sulfide) groups is 1. The second-order valence-electron chi connectivity index (χ2n) is 9.01. The van der Waals surface area contributed by atoms with Crippen molar-refractivity contribution in [3.05, 3.63) is 70.2 Å². The molecule has 186 valence electrons. The molecule has 1 fully saturated rings. The van der Waals surface area contributed by atoms with Crippen molar-refractivity contribution in [3.8, 4) is 0 Å². The summed E-state index contributed by atoms with van der Waals surface area (Å²) in [7, 11) is 0. The molecule has 1 aliphatic rings. The Morgan fingerprint density at radius 1 is 1.12 bits per heavy atom. The van der Waals surface area contributed by atoms with Crippen LogP contribution in [0.2, 0.25) is 10.0 Å². The predicted octanol–water partition coefficient (Wildman–Crippen LogP) is 6.73. The summed E-state index contributed by atoms with van der Waals surface area (Å²) in [6, 6.07) is 16.6. The largest absolute Gasteiger partial charge is 0.481 e. The Hall–Kier alpha value is -1.73. The van der Waals surface area contributed by atoms with Crippen molar-refractivity contribution >= 4 is 46.8 Å². The number of aliphatic carboxylic acids is 1. The second kappa shape index (κ2) is 13.4. The number of morpholine rings is 1. The quantitative estimate of drug-likeness (QED) is 0.433. The molecule has 3 atom stereocenters. The lowest BCUT2D eigenvalue weighted by Crippen LogP contribution is -2.55. The molecule has 1 heterocycles. The zero-order valence-corrected chi connectivity index (χ0v) is 22.4. The van der Waals surface area contributed by atoms with E-state index in [1.807, 2.05) is 47.4 Å². The highest BCUT2D eigenvalue weighted by Gasteiger charge is 2.41. The summed E-state index contributed by atoms with van der Waals surface area (Å²) in [5.41, 5.74) is 0.945. The van der Waals surface area contributed by atoms with E-state index in [9.17, 15) is 9.59 Å². The molecule has 0 aliphatic carbocycles. The third kappa shape index (κ3) is 9.14. The average Bonchev–Trinajstić information content (AvgIpc) is 2.77. The minimum absolute atomic E-state index is 0.00241. The van der Waals surface area contributed by atoms with Crippen LogP contribution >= 0.6 is 35.0 Å². The van der Waals surface area contributed by atoms with Crippen molar-refractivity contribution in [2.24, 2.45) is 0 Å². The number of carboxylic acid groups (broad SMARTS) is 1. The van der Waals surface area contributed by atoms with E-state index in [1.165, 1.54) is 0 Å². The topological polar surface area (TPSA) is 66.8 Å². The van der Waals surface area contributed by atoms with Crippen LogP contribution in [0.1, 0.15) is 52.1 Å². The van der Waals surface area contributed by atoms with E-state index in [0.29, 0.717) is 5.02 Å². The summed E-state index contributed by atoms with van der Waals surface area (Å²) in [5, 5.41) is 10.5. The highest BCUT2D eigenvalue weighted by atomic mass is 35.5. The van der Waals surface area contributed by atoms with Gasteiger partial charge in [-0.1, -0.05) is 81.2 Å². The van der Waals surface area contributed by atoms with Gasteiger partial charge < -0.3 is 14.7 Å². The number of ether oxygens (including phenoxy) is 1. The number of hydrogen-bond acceptors (Lipinski definition) is 4. The lowest BCUT2D eigenvalue weighted by atomic mass is 9.99. The van der Waals surface area contributed by atoms with Gasteiger partial charge in [-0.25, -0.2) is 0 Å². The standard InChI is InChI=1S/C20H28ClNO4S.C6H5Cl/c1-5-15(12-27-20(2,3)4)22-16(13-6-8-14(21)9-7-13)11-26-17(19(22)25)10-18(23)24;7-6-4-2-1-3-5-6/h6-9,15-17H,5,10-12H2,1-4H3,(H,23,24);1-5H/t15-,16-,17?;/m0./s1. The highest BCUT2D eigenvalue weighted by molar-refractivity contribution is 8.00. The maximum absolute atomic E-state index is 13.1. The smallest absolute Gasteiger partial charge is 0.306 e. The van der Waals surface area contributed by atoms with Gasteiger partial charge in [-0.3, -0.25) is 9.59 Å². The molecule has 1 aliphatic heterocycles. The van der Waals surface area contributed by atoms with Crippen molar-refractivity contribution in [1.29, 1.82) is 0 Å². The first-order valence-corrected chi connectivity index (χ1v) is 13.0. The summed E-state index contributed by atoms with van der Waals surface area (Å²) in [5.74, 6) is -0.490. The number of nitrogens with zero attached hydrogens (tertiary/aromatic N) is 1. The van der Waals surface area contributed by atoms with Gasteiger partial charge in [0.2, 0.25) is 0 Å². The van der Waals surface area contributed by atoms with Crippen LogP contribution in [-0.4, -0.2) is 51.1 Å². The van der Waals surface area contributed by atoms with Crippen LogP contribution in [0, 0.1) is 0 Å². The SMILES string of the molecule is CC[C@@H](CSC(C)(C)C)N1C(=O)C(CC(=O)O)OC[C@H]1c1ccc(Cl)cc1.Clc1ccccc1. The van der Waals surface area contributed by atoms with Gasteiger partial charge >= 0.3 is 5.97 Å². The lowest BCUT2D eigenvalue weighted by Gasteiger charge is -2.44. The first kappa shape index (κ1) is 28.5. The van der Waals surface area contributed by atoms with Gasteiger partial charge in [0.1, 0.15) is 6.10 Å². The molecule has 0 saturated carbocycles. The highest BCUT2D eigenvalue weighted by Crippen LogP contribution is 2.34. The molecule has 1 unspecified atom stereocenters. The second-order valence-corrected chi connectivity index (χ2v) is 11.7. The van der Waals surface area contributed by atoms with Gasteiger partial charge in [0.15, 0.2) is 0 Å². The van der Waals surface area contributed by atoms with Crippen LogP contribution in [0.4, 0.5) is 0 Å². The molecular formula is C26H33Cl2NO4S. The molecule has 1 N–H and O–H groups in total. The van der Waals surface area contributed by atoms with Crippen LogP contribution in [0.25, 0.3) is 0 Å². The number of carboxylic acids is 1. The Kier molecular flexibility index (Phi) is 11.2. The molecular weight excluding hydrogens is 493 g/mol. The molecule has 0 spiro atoms. The van der Waals surface area contributed by atoms with Crippen molar-refractivity contribution < 1.29 is 19.4 Å². The van der Waals surface area contributed by atoms with Crippen LogP contribution in [0.5, 0.6) is 0 Å². The van der Waals surface area contributed by atoms with Gasteiger partial charge in [0, 0.05) is 26.6 Å². The Balaban J connectivity index is 0.000000497. The molecule has 1 amide bonds. The fourth-order valence-electron chi connectivity index (χ4n) is 3.52. The Morgan fingerprint density at radius 3 is 2.18 bits per heavy atom. The average molecular weight is 527 g/mol. The zero-order valence-electron chi connectivity index (χ0n) is 20.0. The molecule has 1 saturated heterocycles. The molecule has 2 aromatic carbocycles.